The summed E-state index contributed by atoms with van der Waals surface area (Å²) in [5.74, 6) is 1.34. The molecule has 0 aliphatic carbocycles. The van der Waals surface area contributed by atoms with E-state index in [4.69, 9.17) is 0 Å². The molecule has 0 bridgehead atoms. The predicted octanol–water partition coefficient (Wildman–Crippen LogP) is 2.12. The number of nitrogens with one attached hydrogen (secondary N) is 3. The molecule has 0 spiro atoms. The third-order valence-corrected chi connectivity index (χ3v) is 2.94. The number of hydrogen-bond acceptors (Lipinski definition) is 4. The Morgan fingerprint density at radius 1 is 1.35 bits per heavy atom. The van der Waals surface area contributed by atoms with Gasteiger partial charge in [0.25, 0.3) is 5.91 Å². The van der Waals surface area contributed by atoms with Gasteiger partial charge in [0, 0.05) is 30.7 Å². The van der Waals surface area contributed by atoms with Crippen molar-refractivity contribution in [1.29, 1.82) is 0 Å². The van der Waals surface area contributed by atoms with E-state index in [0.29, 0.717) is 11.4 Å². The summed E-state index contributed by atoms with van der Waals surface area (Å²) in [6, 6.07) is 3.33. The van der Waals surface area contributed by atoms with Crippen LogP contribution in [0.5, 0.6) is 0 Å². The van der Waals surface area contributed by atoms with E-state index in [-0.39, 0.29) is 11.9 Å². The first-order chi connectivity index (χ1) is 9.74. The molecular formula is C14H19N5O. The highest BCUT2D eigenvalue weighted by Crippen LogP contribution is 2.13. The van der Waals surface area contributed by atoms with E-state index in [2.05, 4.69) is 25.6 Å². The maximum Gasteiger partial charge on any atom is 0.252 e. The lowest BCUT2D eigenvalue weighted by Crippen LogP contribution is -2.29. The quantitative estimate of drug-likeness (QED) is 0.753. The van der Waals surface area contributed by atoms with Gasteiger partial charge in [0.05, 0.1) is 6.04 Å². The molecule has 2 aromatic rings. The number of rotatable bonds is 6. The zero-order valence-corrected chi connectivity index (χ0v) is 11.7. The average molecular weight is 273 g/mol. The molecule has 3 N–H and O–H groups in total. The van der Waals surface area contributed by atoms with E-state index in [1.54, 1.807) is 30.7 Å². The van der Waals surface area contributed by atoms with Gasteiger partial charge in [-0.1, -0.05) is 6.92 Å². The number of anilines is 1. The normalized spacial score (nSPS) is 11.9. The van der Waals surface area contributed by atoms with Gasteiger partial charge in [-0.05, 0) is 25.5 Å². The Labute approximate surface area is 118 Å². The topological polar surface area (TPSA) is 82.7 Å². The van der Waals surface area contributed by atoms with E-state index in [1.165, 1.54) is 0 Å². The number of nitrogens with zero attached hydrogens (tertiary/aromatic N) is 2. The van der Waals surface area contributed by atoms with Crippen molar-refractivity contribution in [2.24, 2.45) is 0 Å². The molecule has 0 saturated carbocycles. The minimum Gasteiger partial charge on any atom is -0.370 e. The molecule has 1 unspecified atom stereocenters. The Morgan fingerprint density at radius 2 is 2.20 bits per heavy atom. The summed E-state index contributed by atoms with van der Waals surface area (Å²) in [4.78, 5) is 23.6. The number of pyridine rings is 1. The van der Waals surface area contributed by atoms with Gasteiger partial charge < -0.3 is 15.6 Å². The van der Waals surface area contributed by atoms with Crippen molar-refractivity contribution in [2.45, 2.75) is 26.3 Å². The summed E-state index contributed by atoms with van der Waals surface area (Å²) in [6.07, 6.45) is 5.82. The zero-order valence-electron chi connectivity index (χ0n) is 11.7. The number of imidazole rings is 1. The summed E-state index contributed by atoms with van der Waals surface area (Å²) >= 11 is 0. The lowest BCUT2D eigenvalue weighted by atomic mass is 10.2. The lowest BCUT2D eigenvalue weighted by Gasteiger charge is -2.15. The molecule has 0 aromatic carbocycles. The van der Waals surface area contributed by atoms with Crippen LogP contribution >= 0.6 is 0 Å². The molecule has 0 fully saturated rings. The van der Waals surface area contributed by atoms with Gasteiger partial charge in [0.15, 0.2) is 0 Å². The highest BCUT2D eigenvalue weighted by Gasteiger charge is 2.16. The van der Waals surface area contributed by atoms with Crippen molar-refractivity contribution in [3.05, 3.63) is 42.1 Å². The first kappa shape index (κ1) is 14.0. The highest BCUT2D eigenvalue weighted by atomic mass is 16.1. The number of H-pyrrole nitrogens is 1. The number of aromatic nitrogens is 3. The number of carbonyl (C=O) groups is 1. The fourth-order valence-corrected chi connectivity index (χ4v) is 1.92. The van der Waals surface area contributed by atoms with Gasteiger partial charge in [0.2, 0.25) is 0 Å². The van der Waals surface area contributed by atoms with E-state index < -0.39 is 0 Å². The van der Waals surface area contributed by atoms with Crippen LogP contribution in [0.4, 0.5) is 5.82 Å². The minimum absolute atomic E-state index is 0.117. The van der Waals surface area contributed by atoms with Crippen molar-refractivity contribution in [1.82, 2.24) is 20.3 Å². The molecule has 2 heterocycles. The lowest BCUT2D eigenvalue weighted by molar-refractivity contribution is 0.0934. The molecule has 20 heavy (non-hydrogen) atoms. The molecule has 0 aliphatic heterocycles. The van der Waals surface area contributed by atoms with Crippen molar-refractivity contribution >= 4 is 11.7 Å². The van der Waals surface area contributed by atoms with Crippen LogP contribution in [-0.2, 0) is 0 Å². The minimum atomic E-state index is -0.130. The smallest absolute Gasteiger partial charge is 0.252 e. The summed E-state index contributed by atoms with van der Waals surface area (Å²) in [7, 11) is 0. The predicted molar refractivity (Wildman–Crippen MR) is 77.5 cm³/mol. The standard InChI is InChI=1S/C14H19N5O/c1-3-11(13-17-7-8-18-13)19-14(20)10-5-6-16-12(9-10)15-4-2/h5-9,11H,3-4H2,1-2H3,(H,15,16)(H,17,18)(H,19,20). The molecule has 1 atom stereocenters. The first-order valence-corrected chi connectivity index (χ1v) is 6.74. The third kappa shape index (κ3) is 3.34. The second-order valence-electron chi connectivity index (χ2n) is 4.37. The van der Waals surface area contributed by atoms with Crippen LogP contribution in [-0.4, -0.2) is 27.4 Å². The maximum absolute atomic E-state index is 12.3. The second-order valence-corrected chi connectivity index (χ2v) is 4.37. The number of hydrogen-bond donors (Lipinski definition) is 3. The van der Waals surface area contributed by atoms with Crippen LogP contribution in [0.25, 0.3) is 0 Å². The van der Waals surface area contributed by atoms with Crippen LogP contribution < -0.4 is 10.6 Å². The van der Waals surface area contributed by atoms with Gasteiger partial charge in [-0.25, -0.2) is 9.97 Å². The monoisotopic (exact) mass is 273 g/mol. The summed E-state index contributed by atoms with van der Waals surface area (Å²) in [5, 5.41) is 6.05. The Hall–Kier alpha value is -2.37. The van der Waals surface area contributed by atoms with E-state index >= 15 is 0 Å². The maximum atomic E-state index is 12.3. The molecule has 0 saturated heterocycles. The summed E-state index contributed by atoms with van der Waals surface area (Å²) in [6.45, 7) is 4.75. The molecule has 0 radical (unpaired) electrons. The molecule has 0 aliphatic rings. The fourth-order valence-electron chi connectivity index (χ4n) is 1.92. The first-order valence-electron chi connectivity index (χ1n) is 6.74. The van der Waals surface area contributed by atoms with Crippen LogP contribution in [0.15, 0.2) is 30.7 Å². The van der Waals surface area contributed by atoms with Crippen LogP contribution in [0.3, 0.4) is 0 Å². The SMILES string of the molecule is CCNc1cc(C(=O)NC(CC)c2ncc[nH]2)ccn1. The van der Waals surface area contributed by atoms with Gasteiger partial charge >= 0.3 is 0 Å². The second kappa shape index (κ2) is 6.70. The van der Waals surface area contributed by atoms with Crippen LogP contribution in [0.1, 0.15) is 42.5 Å². The van der Waals surface area contributed by atoms with Gasteiger partial charge in [-0.15, -0.1) is 0 Å². The Kier molecular flexibility index (Phi) is 4.70. The molecular weight excluding hydrogens is 254 g/mol. The number of carbonyl (C=O) groups excluding carboxylic acids is 1. The molecule has 2 aromatic heterocycles. The summed E-state index contributed by atoms with van der Waals surface area (Å²) in [5.41, 5.74) is 0.584. The molecule has 6 nitrogen and oxygen atoms in total. The molecule has 1 amide bonds. The average Bonchev–Trinajstić information content (AvgIpc) is 2.99. The molecule has 6 heteroatoms. The largest absolute Gasteiger partial charge is 0.370 e. The van der Waals surface area contributed by atoms with Crippen molar-refractivity contribution in [2.75, 3.05) is 11.9 Å². The summed E-state index contributed by atoms with van der Waals surface area (Å²) < 4.78 is 0. The molecule has 2 rings (SSSR count). The van der Waals surface area contributed by atoms with Crippen molar-refractivity contribution < 1.29 is 4.79 Å². The van der Waals surface area contributed by atoms with Gasteiger partial charge in [-0.2, -0.15) is 0 Å². The van der Waals surface area contributed by atoms with Crippen LogP contribution in [0.2, 0.25) is 0 Å². The Balaban J connectivity index is 2.09. The van der Waals surface area contributed by atoms with Gasteiger partial charge in [0.1, 0.15) is 11.6 Å². The van der Waals surface area contributed by atoms with Crippen LogP contribution in [0, 0.1) is 0 Å². The number of aromatic amines is 1. The van der Waals surface area contributed by atoms with Gasteiger partial charge in [-0.3, -0.25) is 4.79 Å². The zero-order chi connectivity index (χ0) is 14.4. The Morgan fingerprint density at radius 3 is 2.85 bits per heavy atom. The molecule has 106 valence electrons. The van der Waals surface area contributed by atoms with Crippen molar-refractivity contribution in [3.63, 3.8) is 0 Å². The van der Waals surface area contributed by atoms with E-state index in [9.17, 15) is 4.79 Å². The highest BCUT2D eigenvalue weighted by molar-refractivity contribution is 5.95. The van der Waals surface area contributed by atoms with E-state index in [1.807, 2.05) is 13.8 Å². The Bertz CT molecular complexity index is 552. The third-order valence-electron chi connectivity index (χ3n) is 2.94. The van der Waals surface area contributed by atoms with E-state index in [0.717, 1.165) is 18.8 Å². The van der Waals surface area contributed by atoms with Crippen molar-refractivity contribution in [3.8, 4) is 0 Å². The number of amides is 1. The fraction of sp³-hybridized carbons (Fsp3) is 0.357.